The summed E-state index contributed by atoms with van der Waals surface area (Å²) < 4.78 is 5.83. The zero-order valence-corrected chi connectivity index (χ0v) is 27.7. The number of carbonyl (C=O) groups excluding carboxylic acids is 1. The number of pyridine rings is 1. The molecule has 1 heterocycles. The fraction of sp³-hybridized carbons (Fsp3) is 0.471. The van der Waals surface area contributed by atoms with Crippen molar-refractivity contribution in [2.24, 2.45) is 10.8 Å². The van der Waals surface area contributed by atoms with E-state index < -0.39 is 0 Å². The van der Waals surface area contributed by atoms with E-state index in [2.05, 4.69) is 50.9 Å². The van der Waals surface area contributed by atoms with Crippen LogP contribution in [0.4, 0.5) is 0 Å². The van der Waals surface area contributed by atoms with E-state index in [0.717, 1.165) is 12.8 Å². The van der Waals surface area contributed by atoms with Crippen LogP contribution in [0.2, 0.25) is 0 Å². The number of rotatable bonds is 9. The molecule has 2 aromatic carbocycles. The predicted molar refractivity (Wildman–Crippen MR) is 159 cm³/mol. The summed E-state index contributed by atoms with van der Waals surface area (Å²) in [7, 11) is 0. The number of ether oxygens (including phenoxy) is 1. The second kappa shape index (κ2) is 14.8. The SMILES string of the molecule is CC(C)c1cc(C(C)C)c2cc(Oc3[c-]cccc3)ncc2c1.CCC(C)(C)C(=O)/C=C(\O)C(C)(C)CC.[Ir]. The number of benzene rings is 2. The molecule has 0 aliphatic carbocycles. The molecule has 0 saturated heterocycles. The Balaban J connectivity index is 0.000000418. The normalized spacial score (nSPS) is 12.2. The van der Waals surface area contributed by atoms with Gasteiger partial charge in [0.25, 0.3) is 0 Å². The number of carbonyl (C=O) groups is 1. The molecule has 0 spiro atoms. The summed E-state index contributed by atoms with van der Waals surface area (Å²) in [5, 5.41) is 12.2. The number of fused-ring (bicyclic) bond motifs is 1. The molecule has 4 nitrogen and oxygen atoms in total. The Morgan fingerprint density at radius 1 is 1.00 bits per heavy atom. The van der Waals surface area contributed by atoms with Crippen molar-refractivity contribution in [1.29, 1.82) is 0 Å². The van der Waals surface area contributed by atoms with Gasteiger partial charge in [0, 0.05) is 60.4 Å². The molecular formula is C34H46IrNO3-. The molecule has 0 fully saturated rings. The molecule has 39 heavy (non-hydrogen) atoms. The van der Waals surface area contributed by atoms with Gasteiger partial charge in [-0.05, 0) is 47.3 Å². The van der Waals surface area contributed by atoms with Crippen LogP contribution in [0.25, 0.3) is 10.8 Å². The Kier molecular flexibility index (Phi) is 13.1. The van der Waals surface area contributed by atoms with Crippen LogP contribution in [0.15, 0.2) is 60.5 Å². The first-order valence-electron chi connectivity index (χ1n) is 13.8. The van der Waals surface area contributed by atoms with E-state index >= 15 is 0 Å². The smallest absolute Gasteiger partial charge is 0.217 e. The van der Waals surface area contributed by atoms with E-state index in [4.69, 9.17) is 4.74 Å². The Hall–Kier alpha value is -2.49. The first kappa shape index (κ1) is 34.5. The molecule has 3 aromatic rings. The molecule has 0 amide bonds. The average Bonchev–Trinajstić information content (AvgIpc) is 2.88. The van der Waals surface area contributed by atoms with Crippen molar-refractivity contribution in [3.63, 3.8) is 0 Å². The van der Waals surface area contributed by atoms with Gasteiger partial charge >= 0.3 is 0 Å². The fourth-order valence-corrected chi connectivity index (χ4v) is 3.58. The summed E-state index contributed by atoms with van der Waals surface area (Å²) in [5.74, 6) is 2.45. The molecule has 0 atom stereocenters. The topological polar surface area (TPSA) is 59.4 Å². The zero-order valence-electron chi connectivity index (χ0n) is 25.3. The minimum atomic E-state index is -0.377. The molecule has 0 saturated carbocycles. The van der Waals surface area contributed by atoms with Crippen LogP contribution in [-0.2, 0) is 24.9 Å². The first-order chi connectivity index (χ1) is 17.7. The van der Waals surface area contributed by atoms with Crippen LogP contribution >= 0.6 is 0 Å². The van der Waals surface area contributed by atoms with E-state index in [9.17, 15) is 9.90 Å². The van der Waals surface area contributed by atoms with Crippen molar-refractivity contribution < 1.29 is 34.7 Å². The Labute approximate surface area is 249 Å². The fourth-order valence-electron chi connectivity index (χ4n) is 3.58. The maximum atomic E-state index is 11.8. The summed E-state index contributed by atoms with van der Waals surface area (Å²) in [4.78, 5) is 16.3. The number of para-hydroxylation sites is 1. The average molecular weight is 709 g/mol. The van der Waals surface area contributed by atoms with Crippen LogP contribution in [0.5, 0.6) is 11.6 Å². The number of aliphatic hydroxyl groups excluding tert-OH is 1. The molecular weight excluding hydrogens is 663 g/mol. The molecule has 215 valence electrons. The second-order valence-electron chi connectivity index (χ2n) is 11.9. The number of aliphatic hydroxyl groups is 1. The van der Waals surface area contributed by atoms with Gasteiger partial charge in [-0.1, -0.05) is 75.3 Å². The molecule has 0 aliphatic rings. The third-order valence-corrected chi connectivity index (χ3v) is 7.44. The van der Waals surface area contributed by atoms with E-state index in [-0.39, 0.29) is 42.5 Å². The Bertz CT molecular complexity index is 1240. The van der Waals surface area contributed by atoms with Crippen LogP contribution in [0, 0.1) is 16.9 Å². The van der Waals surface area contributed by atoms with Crippen molar-refractivity contribution in [2.45, 2.75) is 93.9 Å². The van der Waals surface area contributed by atoms with Gasteiger partial charge in [-0.15, -0.1) is 12.1 Å². The Morgan fingerprint density at radius 3 is 2.15 bits per heavy atom. The maximum absolute atomic E-state index is 11.8. The van der Waals surface area contributed by atoms with Crippen molar-refractivity contribution in [2.75, 3.05) is 0 Å². The standard InChI is InChI=1S/C21H22NO.C13H24O2.Ir/c1-14(2)16-10-17-13-22-21(23-18-8-6-5-7-9-18)12-20(17)19(11-16)15(3)4;1-7-12(3,4)10(14)9-11(15)13(5,6)8-2;/h5-8,10-15H,1-4H3;9,14H,7-8H2,1-6H3;/q-1;;/b;10-9-;. The van der Waals surface area contributed by atoms with Gasteiger partial charge in [-0.2, -0.15) is 18.2 Å². The molecule has 0 aliphatic heterocycles. The van der Waals surface area contributed by atoms with Crippen LogP contribution in [0.3, 0.4) is 0 Å². The molecule has 3 rings (SSSR count). The monoisotopic (exact) mass is 709 g/mol. The van der Waals surface area contributed by atoms with Crippen LogP contribution < -0.4 is 4.74 Å². The largest absolute Gasteiger partial charge is 0.512 e. The summed E-state index contributed by atoms with van der Waals surface area (Å²) in [6, 6.07) is 17.2. The summed E-state index contributed by atoms with van der Waals surface area (Å²) >= 11 is 0. The third kappa shape index (κ3) is 9.58. The molecule has 5 heteroatoms. The van der Waals surface area contributed by atoms with Gasteiger partial charge in [0.05, 0.1) is 0 Å². The molecule has 1 N–H and O–H groups in total. The van der Waals surface area contributed by atoms with Gasteiger partial charge in [0.2, 0.25) is 5.88 Å². The van der Waals surface area contributed by atoms with E-state index in [1.54, 1.807) is 0 Å². The summed E-state index contributed by atoms with van der Waals surface area (Å²) in [6.45, 7) is 20.6. The van der Waals surface area contributed by atoms with E-state index in [1.807, 2.05) is 78.1 Å². The van der Waals surface area contributed by atoms with Gasteiger partial charge in [-0.25, -0.2) is 4.98 Å². The number of ketones is 1. The van der Waals surface area contributed by atoms with Gasteiger partial charge in [-0.3, -0.25) is 4.79 Å². The van der Waals surface area contributed by atoms with Crippen LogP contribution in [0.1, 0.15) is 105 Å². The van der Waals surface area contributed by atoms with Crippen molar-refractivity contribution in [3.8, 4) is 11.6 Å². The quantitative estimate of drug-likeness (QED) is 0.137. The van der Waals surface area contributed by atoms with Crippen molar-refractivity contribution >= 4 is 16.6 Å². The second-order valence-corrected chi connectivity index (χ2v) is 11.9. The maximum Gasteiger partial charge on any atom is 0.217 e. The minimum absolute atomic E-state index is 0. The van der Waals surface area contributed by atoms with Gasteiger partial charge < -0.3 is 9.84 Å². The zero-order chi connectivity index (χ0) is 28.7. The Morgan fingerprint density at radius 2 is 1.64 bits per heavy atom. The molecule has 1 radical (unpaired) electrons. The summed E-state index contributed by atoms with van der Waals surface area (Å²) in [5.41, 5.74) is 2.01. The molecule has 0 bridgehead atoms. The van der Waals surface area contributed by atoms with Gasteiger partial charge in [0.15, 0.2) is 5.78 Å². The third-order valence-electron chi connectivity index (χ3n) is 7.44. The number of nitrogens with zero attached hydrogens (tertiary/aromatic N) is 1. The van der Waals surface area contributed by atoms with E-state index in [1.165, 1.54) is 28.0 Å². The summed E-state index contributed by atoms with van der Waals surface area (Å²) in [6.07, 6.45) is 4.90. The minimum Gasteiger partial charge on any atom is -0.512 e. The van der Waals surface area contributed by atoms with E-state index in [0.29, 0.717) is 23.5 Å². The predicted octanol–water partition coefficient (Wildman–Crippen LogP) is 9.94. The molecule has 1 aromatic heterocycles. The van der Waals surface area contributed by atoms with Gasteiger partial charge in [0.1, 0.15) is 5.76 Å². The van der Waals surface area contributed by atoms with Crippen molar-refractivity contribution in [3.05, 3.63) is 77.7 Å². The number of hydrogen-bond donors (Lipinski definition) is 1. The number of aromatic nitrogens is 1. The van der Waals surface area contributed by atoms with Crippen molar-refractivity contribution in [1.82, 2.24) is 4.98 Å². The molecule has 0 unspecified atom stereocenters. The first-order valence-corrected chi connectivity index (χ1v) is 13.8. The number of hydrogen-bond acceptors (Lipinski definition) is 4. The van der Waals surface area contributed by atoms with Crippen LogP contribution in [-0.4, -0.2) is 15.9 Å². The number of allylic oxidation sites excluding steroid dienone is 2.